The van der Waals surface area contributed by atoms with E-state index < -0.39 is 0 Å². The minimum atomic E-state index is -0.371. The van der Waals surface area contributed by atoms with Gasteiger partial charge in [-0.2, -0.15) is 0 Å². The van der Waals surface area contributed by atoms with Crippen LogP contribution >= 0.6 is 0 Å². The molecule has 1 aromatic carbocycles. The summed E-state index contributed by atoms with van der Waals surface area (Å²) in [6.07, 6.45) is 0. The number of nitro benzene ring substituents is 1. The topological polar surface area (TPSA) is 43.1 Å². The lowest BCUT2D eigenvalue weighted by Gasteiger charge is -2.15. The number of nitro groups is 1. The van der Waals surface area contributed by atoms with Gasteiger partial charge in [0.1, 0.15) is 0 Å². The van der Waals surface area contributed by atoms with Gasteiger partial charge in [-0.05, 0) is 17.4 Å². The van der Waals surface area contributed by atoms with E-state index in [9.17, 15) is 10.1 Å². The summed E-state index contributed by atoms with van der Waals surface area (Å²) in [5.41, 5.74) is 1.32. The third-order valence-corrected chi connectivity index (χ3v) is 2.63. The van der Waals surface area contributed by atoms with Crippen molar-refractivity contribution >= 4 is 5.69 Å². The predicted molar refractivity (Wildman–Crippen MR) is 56.3 cm³/mol. The zero-order valence-corrected chi connectivity index (χ0v) is 8.73. The molecule has 1 aromatic rings. The molecule has 0 spiro atoms. The molecule has 0 bridgehead atoms. The molecule has 0 aliphatic carbocycles. The molecular formula is C11H15NO2. The first-order valence-corrected chi connectivity index (χ1v) is 4.76. The first-order valence-electron chi connectivity index (χ1n) is 4.76. The van der Waals surface area contributed by atoms with Crippen LogP contribution in [0.15, 0.2) is 24.3 Å². The first kappa shape index (κ1) is 10.7. The molecule has 76 valence electrons. The Morgan fingerprint density at radius 1 is 1.14 bits per heavy atom. The van der Waals surface area contributed by atoms with Gasteiger partial charge in [0.15, 0.2) is 0 Å². The van der Waals surface area contributed by atoms with Crippen LogP contribution in [0.4, 0.5) is 5.69 Å². The summed E-state index contributed by atoms with van der Waals surface area (Å²) in [4.78, 5) is 10.1. The van der Waals surface area contributed by atoms with E-state index >= 15 is 0 Å². The number of hydrogen-bond donors (Lipinski definition) is 0. The van der Waals surface area contributed by atoms with Crippen LogP contribution in [-0.4, -0.2) is 4.92 Å². The van der Waals surface area contributed by atoms with E-state index in [0.29, 0.717) is 11.8 Å². The largest absolute Gasteiger partial charge is 0.269 e. The lowest BCUT2D eigenvalue weighted by molar-refractivity contribution is -0.384. The molecule has 1 rings (SSSR count). The maximum Gasteiger partial charge on any atom is 0.269 e. The van der Waals surface area contributed by atoms with E-state index in [1.165, 1.54) is 0 Å². The van der Waals surface area contributed by atoms with Crippen LogP contribution in [0, 0.1) is 16.0 Å². The molecule has 3 heteroatoms. The van der Waals surface area contributed by atoms with E-state index in [0.717, 1.165) is 5.56 Å². The van der Waals surface area contributed by atoms with Gasteiger partial charge in [-0.3, -0.25) is 10.1 Å². The van der Waals surface area contributed by atoms with Gasteiger partial charge < -0.3 is 0 Å². The van der Waals surface area contributed by atoms with Crippen LogP contribution in [0.5, 0.6) is 0 Å². The molecule has 0 saturated carbocycles. The summed E-state index contributed by atoms with van der Waals surface area (Å²) < 4.78 is 0. The highest BCUT2D eigenvalue weighted by Gasteiger charge is 2.11. The van der Waals surface area contributed by atoms with Gasteiger partial charge >= 0.3 is 0 Å². The Balaban J connectivity index is 2.88. The molecule has 0 saturated heterocycles. The SMILES string of the molecule is CC(C)[C@H](C)c1ccc([N+](=O)[O-])cc1. The maximum absolute atomic E-state index is 10.4. The third kappa shape index (κ3) is 2.31. The van der Waals surface area contributed by atoms with Gasteiger partial charge in [-0.25, -0.2) is 0 Å². The number of benzene rings is 1. The monoisotopic (exact) mass is 193 g/mol. The molecule has 0 unspecified atom stereocenters. The van der Waals surface area contributed by atoms with E-state index in [4.69, 9.17) is 0 Å². The molecular weight excluding hydrogens is 178 g/mol. The number of nitrogens with zero attached hydrogens (tertiary/aromatic N) is 1. The molecule has 0 N–H and O–H groups in total. The fourth-order valence-corrected chi connectivity index (χ4v) is 1.28. The van der Waals surface area contributed by atoms with Gasteiger partial charge in [0.05, 0.1) is 4.92 Å². The Kier molecular flexibility index (Phi) is 3.23. The molecule has 0 aliphatic heterocycles. The van der Waals surface area contributed by atoms with Crippen molar-refractivity contribution in [2.45, 2.75) is 26.7 Å². The lowest BCUT2D eigenvalue weighted by Crippen LogP contribution is -2.01. The number of rotatable bonds is 3. The minimum Gasteiger partial charge on any atom is -0.258 e. The van der Waals surface area contributed by atoms with E-state index in [-0.39, 0.29) is 10.6 Å². The summed E-state index contributed by atoms with van der Waals surface area (Å²) in [6, 6.07) is 6.80. The van der Waals surface area contributed by atoms with E-state index in [1.54, 1.807) is 12.1 Å². The van der Waals surface area contributed by atoms with E-state index in [2.05, 4.69) is 20.8 Å². The quantitative estimate of drug-likeness (QED) is 0.545. The van der Waals surface area contributed by atoms with Crippen molar-refractivity contribution in [3.8, 4) is 0 Å². The predicted octanol–water partition coefficient (Wildman–Crippen LogP) is 3.35. The Bertz CT molecular complexity index is 317. The lowest BCUT2D eigenvalue weighted by atomic mass is 9.90. The van der Waals surface area contributed by atoms with Crippen LogP contribution in [0.25, 0.3) is 0 Å². The summed E-state index contributed by atoms with van der Waals surface area (Å²) in [5.74, 6) is 0.993. The van der Waals surface area contributed by atoms with E-state index in [1.807, 2.05) is 12.1 Å². The standard InChI is InChI=1S/C11H15NO2/c1-8(2)9(3)10-4-6-11(7-5-10)12(13)14/h4-9H,1-3H3/t9-/m0/s1. The molecule has 14 heavy (non-hydrogen) atoms. The number of non-ortho nitro benzene ring substituents is 1. The minimum absolute atomic E-state index is 0.157. The fourth-order valence-electron chi connectivity index (χ4n) is 1.28. The summed E-state index contributed by atoms with van der Waals surface area (Å²) in [5, 5.41) is 10.4. The van der Waals surface area contributed by atoms with Crippen molar-refractivity contribution in [3.05, 3.63) is 39.9 Å². The van der Waals surface area contributed by atoms with Crippen molar-refractivity contribution in [1.82, 2.24) is 0 Å². The smallest absolute Gasteiger partial charge is 0.258 e. The molecule has 0 heterocycles. The molecule has 0 fully saturated rings. The highest BCUT2D eigenvalue weighted by molar-refractivity contribution is 5.34. The van der Waals surface area contributed by atoms with Crippen LogP contribution < -0.4 is 0 Å². The van der Waals surface area contributed by atoms with Gasteiger partial charge in [0, 0.05) is 12.1 Å². The zero-order valence-electron chi connectivity index (χ0n) is 8.73. The van der Waals surface area contributed by atoms with Crippen LogP contribution in [0.3, 0.4) is 0 Å². The molecule has 0 radical (unpaired) electrons. The van der Waals surface area contributed by atoms with Gasteiger partial charge in [0.25, 0.3) is 5.69 Å². The second-order valence-corrected chi connectivity index (χ2v) is 3.88. The van der Waals surface area contributed by atoms with Crippen molar-refractivity contribution in [2.75, 3.05) is 0 Å². The fraction of sp³-hybridized carbons (Fsp3) is 0.455. The average molecular weight is 193 g/mol. The molecule has 0 aromatic heterocycles. The summed E-state index contributed by atoms with van der Waals surface area (Å²) in [7, 11) is 0. The summed E-state index contributed by atoms with van der Waals surface area (Å²) in [6.45, 7) is 6.42. The first-order chi connectivity index (χ1) is 6.52. The maximum atomic E-state index is 10.4. The van der Waals surface area contributed by atoms with Gasteiger partial charge in [-0.1, -0.05) is 32.9 Å². The van der Waals surface area contributed by atoms with Crippen LogP contribution in [0.1, 0.15) is 32.3 Å². The Morgan fingerprint density at radius 3 is 2.00 bits per heavy atom. The second kappa shape index (κ2) is 4.22. The van der Waals surface area contributed by atoms with Gasteiger partial charge in [-0.15, -0.1) is 0 Å². The molecule has 0 aliphatic rings. The van der Waals surface area contributed by atoms with Crippen molar-refractivity contribution in [3.63, 3.8) is 0 Å². The average Bonchev–Trinajstić information content (AvgIpc) is 2.16. The van der Waals surface area contributed by atoms with Crippen molar-refractivity contribution in [2.24, 2.45) is 5.92 Å². The van der Waals surface area contributed by atoms with Crippen LogP contribution in [0.2, 0.25) is 0 Å². The summed E-state index contributed by atoms with van der Waals surface area (Å²) >= 11 is 0. The highest BCUT2D eigenvalue weighted by atomic mass is 16.6. The number of hydrogen-bond acceptors (Lipinski definition) is 2. The van der Waals surface area contributed by atoms with Crippen molar-refractivity contribution in [1.29, 1.82) is 0 Å². The zero-order chi connectivity index (χ0) is 10.7. The Morgan fingerprint density at radius 2 is 1.64 bits per heavy atom. The third-order valence-electron chi connectivity index (χ3n) is 2.63. The second-order valence-electron chi connectivity index (χ2n) is 3.88. The highest BCUT2D eigenvalue weighted by Crippen LogP contribution is 2.25. The normalized spacial score (nSPS) is 12.9. The van der Waals surface area contributed by atoms with Gasteiger partial charge in [0.2, 0.25) is 0 Å². The Hall–Kier alpha value is -1.38. The molecule has 3 nitrogen and oxygen atoms in total. The van der Waals surface area contributed by atoms with Crippen LogP contribution in [-0.2, 0) is 0 Å². The molecule has 1 atom stereocenters. The Labute approximate surface area is 83.9 Å². The molecule has 0 amide bonds. The van der Waals surface area contributed by atoms with Crippen molar-refractivity contribution < 1.29 is 4.92 Å².